The van der Waals surface area contributed by atoms with Gasteiger partial charge in [0.1, 0.15) is 0 Å². The smallest absolute Gasteiger partial charge is 0.317 e. The second-order valence-electron chi connectivity index (χ2n) is 7.44. The Morgan fingerprint density at radius 3 is 2.73 bits per heavy atom. The van der Waals surface area contributed by atoms with Crippen LogP contribution >= 0.6 is 0 Å². The molecule has 1 heterocycles. The zero-order valence-corrected chi connectivity index (χ0v) is 14.6. The summed E-state index contributed by atoms with van der Waals surface area (Å²) in [5.41, 5.74) is 1.45. The summed E-state index contributed by atoms with van der Waals surface area (Å²) in [6.07, 6.45) is 5.76. The Balaban J connectivity index is 1.36. The van der Waals surface area contributed by atoms with Crippen LogP contribution in [0.15, 0.2) is 36.5 Å². The highest BCUT2D eigenvalue weighted by Crippen LogP contribution is 2.34. The average molecular weight is 353 g/mol. The number of carbonyl (C=O) groups excluding carboxylic acids is 1. The number of benzene rings is 1. The lowest BCUT2D eigenvalue weighted by molar-refractivity contribution is -0.139. The molecule has 0 atom stereocenters. The van der Waals surface area contributed by atoms with Gasteiger partial charge < -0.3 is 10.4 Å². The zero-order chi connectivity index (χ0) is 18.1. The van der Waals surface area contributed by atoms with Crippen LogP contribution < -0.4 is 5.32 Å². The molecular weight excluding hydrogens is 330 g/mol. The number of fused-ring (bicyclic) bond motifs is 1. The first-order valence-electron chi connectivity index (χ1n) is 9.20. The quantitative estimate of drug-likeness (QED) is 0.798. The predicted molar refractivity (Wildman–Crippen MR) is 98.0 cm³/mol. The third kappa shape index (κ3) is 3.70. The van der Waals surface area contributed by atoms with Gasteiger partial charge in [-0.05, 0) is 49.8 Å². The number of aromatic nitrogens is 1. The molecular formula is C20H23N3O3. The molecule has 0 spiro atoms. The van der Waals surface area contributed by atoms with Gasteiger partial charge in [-0.3, -0.25) is 19.5 Å². The third-order valence-corrected chi connectivity index (χ3v) is 5.38. The van der Waals surface area contributed by atoms with Crippen LogP contribution in [0.3, 0.4) is 0 Å². The molecule has 2 aromatic rings. The monoisotopic (exact) mass is 353 g/mol. The minimum absolute atomic E-state index is 0.0842. The maximum absolute atomic E-state index is 12.7. The van der Waals surface area contributed by atoms with E-state index in [-0.39, 0.29) is 24.5 Å². The maximum atomic E-state index is 12.7. The van der Waals surface area contributed by atoms with E-state index in [1.807, 2.05) is 30.3 Å². The molecule has 0 saturated heterocycles. The van der Waals surface area contributed by atoms with E-state index in [0.29, 0.717) is 11.5 Å². The summed E-state index contributed by atoms with van der Waals surface area (Å²) in [6.45, 7) is 0.962. The second-order valence-corrected chi connectivity index (χ2v) is 7.44. The fraction of sp³-hybridized carbons (Fsp3) is 0.450. The molecule has 1 aromatic heterocycles. The van der Waals surface area contributed by atoms with Crippen molar-refractivity contribution in [1.29, 1.82) is 0 Å². The number of aliphatic carboxylic acids is 1. The Morgan fingerprint density at radius 1 is 1.19 bits per heavy atom. The van der Waals surface area contributed by atoms with Gasteiger partial charge in [0.15, 0.2) is 0 Å². The van der Waals surface area contributed by atoms with Crippen molar-refractivity contribution in [1.82, 2.24) is 15.2 Å². The zero-order valence-electron chi connectivity index (χ0n) is 14.6. The van der Waals surface area contributed by atoms with Gasteiger partial charge in [0, 0.05) is 35.8 Å². The Bertz CT molecular complexity index is 823. The lowest BCUT2D eigenvalue weighted by Gasteiger charge is -2.42. The van der Waals surface area contributed by atoms with Gasteiger partial charge in [-0.2, -0.15) is 0 Å². The van der Waals surface area contributed by atoms with Gasteiger partial charge in [0.05, 0.1) is 12.1 Å². The summed E-state index contributed by atoms with van der Waals surface area (Å²) < 4.78 is 0. The third-order valence-electron chi connectivity index (χ3n) is 5.38. The van der Waals surface area contributed by atoms with Crippen molar-refractivity contribution >= 4 is 22.8 Å². The fourth-order valence-electron chi connectivity index (χ4n) is 3.72. The van der Waals surface area contributed by atoms with Gasteiger partial charge in [-0.15, -0.1) is 0 Å². The Kier molecular flexibility index (Phi) is 4.59. The molecule has 2 aliphatic rings. The van der Waals surface area contributed by atoms with Crippen LogP contribution in [0.1, 0.15) is 36.0 Å². The lowest BCUT2D eigenvalue weighted by atomic mass is 9.85. The van der Waals surface area contributed by atoms with Crippen molar-refractivity contribution in [3.8, 4) is 0 Å². The SMILES string of the molecule is O=C(O)CN(CC1CC1)C1CC(NC(=O)c2cccc3ncccc23)C1. The van der Waals surface area contributed by atoms with Crippen LogP contribution in [-0.2, 0) is 4.79 Å². The highest BCUT2D eigenvalue weighted by atomic mass is 16.4. The van der Waals surface area contributed by atoms with Gasteiger partial charge >= 0.3 is 5.97 Å². The topological polar surface area (TPSA) is 82.5 Å². The largest absolute Gasteiger partial charge is 0.480 e. The van der Waals surface area contributed by atoms with E-state index in [4.69, 9.17) is 5.11 Å². The first-order valence-corrected chi connectivity index (χ1v) is 9.20. The number of hydrogen-bond donors (Lipinski definition) is 2. The summed E-state index contributed by atoms with van der Waals surface area (Å²) in [6, 6.07) is 9.66. The summed E-state index contributed by atoms with van der Waals surface area (Å²) >= 11 is 0. The van der Waals surface area contributed by atoms with Crippen LogP contribution in [0.4, 0.5) is 0 Å². The second kappa shape index (κ2) is 7.03. The molecule has 0 aliphatic heterocycles. The number of amides is 1. The summed E-state index contributed by atoms with van der Waals surface area (Å²) in [5.74, 6) is -0.202. The number of carbonyl (C=O) groups is 2. The normalized spacial score (nSPS) is 22.2. The van der Waals surface area contributed by atoms with Crippen molar-refractivity contribution < 1.29 is 14.7 Å². The van der Waals surface area contributed by atoms with E-state index < -0.39 is 5.97 Å². The number of nitrogens with zero attached hydrogens (tertiary/aromatic N) is 2. The molecule has 2 fully saturated rings. The van der Waals surface area contributed by atoms with Crippen LogP contribution in [0.2, 0.25) is 0 Å². The molecule has 0 unspecified atom stereocenters. The standard InChI is InChI=1S/C20H23N3O3/c24-19(25)12-23(11-13-6-7-13)15-9-14(10-15)22-20(26)17-3-1-5-18-16(17)4-2-8-21-18/h1-5,8,13-15H,6-7,9-12H2,(H,22,26)(H,24,25). The summed E-state index contributed by atoms with van der Waals surface area (Å²) in [4.78, 5) is 30.1. The summed E-state index contributed by atoms with van der Waals surface area (Å²) in [5, 5.41) is 13.1. The predicted octanol–water partition coefficient (Wildman–Crippen LogP) is 2.29. The number of rotatable bonds is 7. The molecule has 2 saturated carbocycles. The number of carboxylic acids is 1. The number of nitrogens with one attached hydrogen (secondary N) is 1. The number of pyridine rings is 1. The number of carboxylic acid groups (broad SMARTS) is 1. The van der Waals surface area contributed by atoms with Crippen molar-refractivity contribution in [3.63, 3.8) is 0 Å². The molecule has 0 radical (unpaired) electrons. The van der Waals surface area contributed by atoms with Crippen molar-refractivity contribution in [2.45, 2.75) is 37.8 Å². The Labute approximate surface area is 152 Å². The number of hydrogen-bond acceptors (Lipinski definition) is 4. The van der Waals surface area contributed by atoms with Crippen molar-refractivity contribution in [3.05, 3.63) is 42.1 Å². The first-order chi connectivity index (χ1) is 12.6. The van der Waals surface area contributed by atoms with Gasteiger partial charge in [-0.25, -0.2) is 0 Å². The van der Waals surface area contributed by atoms with Crippen LogP contribution in [0, 0.1) is 5.92 Å². The highest BCUT2D eigenvalue weighted by Gasteiger charge is 2.37. The van der Waals surface area contributed by atoms with Gasteiger partial charge in [-0.1, -0.05) is 12.1 Å². The maximum Gasteiger partial charge on any atom is 0.317 e. The Hall–Kier alpha value is -2.47. The molecule has 4 rings (SSSR count). The average Bonchev–Trinajstić information content (AvgIpc) is 3.40. The van der Waals surface area contributed by atoms with E-state index in [0.717, 1.165) is 30.3 Å². The van der Waals surface area contributed by atoms with Crippen LogP contribution in [-0.4, -0.2) is 52.0 Å². The van der Waals surface area contributed by atoms with E-state index in [2.05, 4.69) is 15.2 Å². The lowest BCUT2D eigenvalue weighted by Crippen LogP contribution is -2.55. The van der Waals surface area contributed by atoms with E-state index in [1.165, 1.54) is 12.8 Å². The molecule has 6 heteroatoms. The van der Waals surface area contributed by atoms with E-state index in [9.17, 15) is 9.59 Å². The molecule has 0 bridgehead atoms. The molecule has 1 amide bonds. The first kappa shape index (κ1) is 17.0. The molecule has 1 aromatic carbocycles. The minimum atomic E-state index is -0.776. The van der Waals surface area contributed by atoms with Crippen LogP contribution in [0.5, 0.6) is 0 Å². The van der Waals surface area contributed by atoms with E-state index >= 15 is 0 Å². The van der Waals surface area contributed by atoms with Crippen molar-refractivity contribution in [2.75, 3.05) is 13.1 Å². The molecule has 26 heavy (non-hydrogen) atoms. The molecule has 2 aliphatic carbocycles. The molecule has 6 nitrogen and oxygen atoms in total. The molecule has 2 N–H and O–H groups in total. The van der Waals surface area contributed by atoms with Gasteiger partial charge in [0.2, 0.25) is 0 Å². The summed E-state index contributed by atoms with van der Waals surface area (Å²) in [7, 11) is 0. The van der Waals surface area contributed by atoms with Gasteiger partial charge in [0.25, 0.3) is 5.91 Å². The minimum Gasteiger partial charge on any atom is -0.480 e. The molecule has 136 valence electrons. The van der Waals surface area contributed by atoms with E-state index in [1.54, 1.807) is 6.20 Å². The highest BCUT2D eigenvalue weighted by molar-refractivity contribution is 6.06. The Morgan fingerprint density at radius 2 is 2.00 bits per heavy atom. The fourth-order valence-corrected chi connectivity index (χ4v) is 3.72. The van der Waals surface area contributed by atoms with Crippen molar-refractivity contribution in [2.24, 2.45) is 5.92 Å². The van der Waals surface area contributed by atoms with Crippen LogP contribution in [0.25, 0.3) is 10.9 Å².